The smallest absolute Gasteiger partial charge is 0.239 e. The van der Waals surface area contributed by atoms with Gasteiger partial charge >= 0.3 is 0 Å². The van der Waals surface area contributed by atoms with Gasteiger partial charge in [0.2, 0.25) is 5.91 Å². The first-order valence-corrected chi connectivity index (χ1v) is 8.40. The van der Waals surface area contributed by atoms with Crippen LogP contribution in [0.3, 0.4) is 0 Å². The maximum atomic E-state index is 12.1. The molecule has 0 aromatic heterocycles. The van der Waals surface area contributed by atoms with Crippen LogP contribution in [0.15, 0.2) is 18.2 Å². The summed E-state index contributed by atoms with van der Waals surface area (Å²) in [5, 5.41) is 2.91. The number of hydrogen-bond donors (Lipinski definition) is 2. The molecule has 5 nitrogen and oxygen atoms in total. The number of rotatable bonds is 10. The third-order valence-electron chi connectivity index (χ3n) is 3.60. The van der Waals surface area contributed by atoms with Gasteiger partial charge in [0, 0.05) is 6.54 Å². The first-order valence-electron chi connectivity index (χ1n) is 8.40. The van der Waals surface area contributed by atoms with E-state index in [-0.39, 0.29) is 5.91 Å². The lowest BCUT2D eigenvalue weighted by Gasteiger charge is -2.22. The number of hydrogen-bond acceptors (Lipinski definition) is 4. The minimum Gasteiger partial charge on any atom is -0.490 e. The Kier molecular flexibility index (Phi) is 7.89. The van der Waals surface area contributed by atoms with E-state index >= 15 is 0 Å². The van der Waals surface area contributed by atoms with Gasteiger partial charge in [0.25, 0.3) is 0 Å². The highest BCUT2D eigenvalue weighted by Crippen LogP contribution is 2.28. The summed E-state index contributed by atoms with van der Waals surface area (Å²) in [6, 6.07) is 5.87. The topological polar surface area (TPSA) is 73.6 Å². The van der Waals surface area contributed by atoms with Crippen LogP contribution in [0.5, 0.6) is 11.5 Å². The first kappa shape index (κ1) is 19.3. The fourth-order valence-corrected chi connectivity index (χ4v) is 2.41. The van der Waals surface area contributed by atoms with Gasteiger partial charge in [0.05, 0.1) is 18.8 Å². The lowest BCUT2D eigenvalue weighted by atomic mass is 9.96. The highest BCUT2D eigenvalue weighted by molar-refractivity contribution is 5.85. The molecule has 1 aromatic rings. The summed E-state index contributed by atoms with van der Waals surface area (Å²) in [5.41, 5.74) is 6.31. The van der Waals surface area contributed by atoms with Crippen molar-refractivity contribution in [1.29, 1.82) is 0 Å². The minimum atomic E-state index is -0.802. The second kappa shape index (κ2) is 9.40. The van der Waals surface area contributed by atoms with Crippen LogP contribution >= 0.6 is 0 Å². The number of amides is 1. The normalized spacial score (nSPS) is 13.3. The summed E-state index contributed by atoms with van der Waals surface area (Å²) >= 11 is 0. The highest BCUT2D eigenvalue weighted by Gasteiger charge is 2.26. The van der Waals surface area contributed by atoms with E-state index in [0.717, 1.165) is 29.9 Å². The number of nitrogens with one attached hydrogen (secondary N) is 1. The number of nitrogens with two attached hydrogens (primary N) is 1. The van der Waals surface area contributed by atoms with Gasteiger partial charge in [-0.3, -0.25) is 4.79 Å². The Morgan fingerprint density at radius 2 is 1.83 bits per heavy atom. The van der Waals surface area contributed by atoms with Crippen molar-refractivity contribution in [3.05, 3.63) is 23.8 Å². The van der Waals surface area contributed by atoms with Crippen LogP contribution in [-0.2, 0) is 11.2 Å². The van der Waals surface area contributed by atoms with Gasteiger partial charge in [-0.1, -0.05) is 19.4 Å². The predicted molar refractivity (Wildman–Crippen MR) is 93.0 cm³/mol. The number of ether oxygens (including phenoxy) is 2. The molecule has 0 radical (unpaired) electrons. The number of benzene rings is 1. The summed E-state index contributed by atoms with van der Waals surface area (Å²) in [7, 11) is 0. The van der Waals surface area contributed by atoms with Crippen molar-refractivity contribution in [3.8, 4) is 11.5 Å². The van der Waals surface area contributed by atoms with Crippen molar-refractivity contribution in [2.75, 3.05) is 19.8 Å². The molecule has 0 aliphatic rings. The van der Waals surface area contributed by atoms with Crippen molar-refractivity contribution in [3.63, 3.8) is 0 Å². The summed E-state index contributed by atoms with van der Waals surface area (Å²) in [5.74, 6) is 1.39. The quantitative estimate of drug-likeness (QED) is 0.694. The third kappa shape index (κ3) is 6.10. The second-order valence-electron chi connectivity index (χ2n) is 5.82. The molecular weight excluding hydrogens is 292 g/mol. The van der Waals surface area contributed by atoms with Crippen LogP contribution in [0, 0.1) is 0 Å². The molecule has 0 saturated heterocycles. The van der Waals surface area contributed by atoms with Crippen LogP contribution in [-0.4, -0.2) is 31.2 Å². The van der Waals surface area contributed by atoms with E-state index < -0.39 is 5.54 Å². The molecule has 23 heavy (non-hydrogen) atoms. The molecule has 0 heterocycles. The maximum Gasteiger partial charge on any atom is 0.239 e. The van der Waals surface area contributed by atoms with Crippen molar-refractivity contribution in [1.82, 2.24) is 5.32 Å². The zero-order valence-electron chi connectivity index (χ0n) is 14.8. The molecule has 1 unspecified atom stereocenters. The molecule has 0 saturated carbocycles. The Hall–Kier alpha value is -1.75. The molecule has 1 atom stereocenters. The molecule has 5 heteroatoms. The lowest BCUT2D eigenvalue weighted by molar-refractivity contribution is -0.126. The molecule has 0 aliphatic heterocycles. The first-order chi connectivity index (χ1) is 10.9. The maximum absolute atomic E-state index is 12.1. The fourth-order valence-electron chi connectivity index (χ4n) is 2.41. The van der Waals surface area contributed by atoms with Crippen molar-refractivity contribution >= 4 is 5.91 Å². The summed E-state index contributed by atoms with van der Waals surface area (Å²) in [6.07, 6.45) is 2.29. The highest BCUT2D eigenvalue weighted by atomic mass is 16.5. The summed E-state index contributed by atoms with van der Waals surface area (Å²) < 4.78 is 11.2. The third-order valence-corrected chi connectivity index (χ3v) is 3.60. The molecule has 0 fully saturated rings. The number of carbonyl (C=O) groups excluding carboxylic acids is 1. The van der Waals surface area contributed by atoms with Crippen molar-refractivity contribution < 1.29 is 14.3 Å². The molecule has 130 valence electrons. The molecule has 1 amide bonds. The minimum absolute atomic E-state index is 0.102. The van der Waals surface area contributed by atoms with E-state index in [1.165, 1.54) is 0 Å². The molecular formula is C18H30N2O3. The average molecular weight is 322 g/mol. The molecule has 0 spiro atoms. The van der Waals surface area contributed by atoms with Crippen molar-refractivity contribution in [2.45, 2.75) is 52.5 Å². The Bertz CT molecular complexity index is 501. The Morgan fingerprint density at radius 3 is 2.43 bits per heavy atom. The Labute approximate surface area is 139 Å². The van der Waals surface area contributed by atoms with E-state index in [1.807, 2.05) is 39.0 Å². The standard InChI is InChI=1S/C18H30N2O3/c1-5-11-18(4,19)17(21)20-12-10-14-8-9-15(22-6-2)16(13-14)23-7-3/h8-9,13H,5-7,10-12,19H2,1-4H3,(H,20,21). The molecule has 0 aliphatic carbocycles. The van der Waals surface area contributed by atoms with Gasteiger partial charge in [-0.15, -0.1) is 0 Å². The van der Waals surface area contributed by atoms with Crippen molar-refractivity contribution in [2.24, 2.45) is 5.73 Å². The van der Waals surface area contributed by atoms with Crippen LogP contribution in [0.25, 0.3) is 0 Å². The predicted octanol–water partition coefficient (Wildman–Crippen LogP) is 2.66. The zero-order chi connectivity index (χ0) is 17.3. The van der Waals surface area contributed by atoms with Crippen LogP contribution < -0.4 is 20.5 Å². The Balaban J connectivity index is 2.61. The van der Waals surface area contributed by atoms with Gasteiger partial charge in [0.1, 0.15) is 0 Å². The number of carbonyl (C=O) groups is 1. The summed E-state index contributed by atoms with van der Waals surface area (Å²) in [6.45, 7) is 9.42. The summed E-state index contributed by atoms with van der Waals surface area (Å²) in [4.78, 5) is 12.1. The van der Waals surface area contributed by atoms with Gasteiger partial charge in [0.15, 0.2) is 11.5 Å². The lowest BCUT2D eigenvalue weighted by Crippen LogP contribution is -2.51. The van der Waals surface area contributed by atoms with Crippen LogP contribution in [0.2, 0.25) is 0 Å². The van der Waals surface area contributed by atoms with Crippen LogP contribution in [0.4, 0.5) is 0 Å². The van der Waals surface area contributed by atoms with Crippen LogP contribution in [0.1, 0.15) is 46.1 Å². The molecule has 0 bridgehead atoms. The van der Waals surface area contributed by atoms with E-state index in [9.17, 15) is 4.79 Å². The van der Waals surface area contributed by atoms with Gasteiger partial charge in [-0.25, -0.2) is 0 Å². The Morgan fingerprint density at radius 1 is 1.17 bits per heavy atom. The van der Waals surface area contributed by atoms with E-state index in [0.29, 0.717) is 26.2 Å². The monoisotopic (exact) mass is 322 g/mol. The fraction of sp³-hybridized carbons (Fsp3) is 0.611. The largest absolute Gasteiger partial charge is 0.490 e. The molecule has 3 N–H and O–H groups in total. The zero-order valence-corrected chi connectivity index (χ0v) is 14.8. The van der Waals surface area contributed by atoms with Gasteiger partial charge in [-0.05, 0) is 51.3 Å². The van der Waals surface area contributed by atoms with Gasteiger partial charge in [-0.2, -0.15) is 0 Å². The average Bonchev–Trinajstić information content (AvgIpc) is 2.50. The van der Waals surface area contributed by atoms with E-state index in [4.69, 9.17) is 15.2 Å². The molecule has 1 rings (SSSR count). The SMILES string of the molecule is CCCC(C)(N)C(=O)NCCc1ccc(OCC)c(OCC)c1. The van der Waals surface area contributed by atoms with Gasteiger partial charge < -0.3 is 20.5 Å². The van der Waals surface area contributed by atoms with E-state index in [1.54, 1.807) is 6.92 Å². The molecule has 1 aromatic carbocycles. The second-order valence-corrected chi connectivity index (χ2v) is 5.82. The van der Waals surface area contributed by atoms with E-state index in [2.05, 4.69) is 5.32 Å².